The van der Waals surface area contributed by atoms with E-state index in [1.807, 2.05) is 13.8 Å². The first-order valence-corrected chi connectivity index (χ1v) is 11.0. The van der Waals surface area contributed by atoms with E-state index in [0.29, 0.717) is 16.5 Å². The van der Waals surface area contributed by atoms with Crippen LogP contribution < -0.4 is 10.1 Å². The van der Waals surface area contributed by atoms with Crippen molar-refractivity contribution in [2.75, 3.05) is 11.9 Å². The van der Waals surface area contributed by atoms with Crippen molar-refractivity contribution in [2.24, 2.45) is 0 Å². The third-order valence-corrected chi connectivity index (χ3v) is 5.66. The molecule has 0 saturated carbocycles. The minimum Gasteiger partial charge on any atom is -0.490 e. The first-order chi connectivity index (χ1) is 14.2. The summed E-state index contributed by atoms with van der Waals surface area (Å²) in [4.78, 5) is 38.3. The molecule has 0 unspecified atom stereocenters. The summed E-state index contributed by atoms with van der Waals surface area (Å²) in [6.07, 6.45) is 1.64. The molecule has 2 aromatic carbocycles. The third kappa shape index (κ3) is 5.65. The molecule has 1 fully saturated rings. The van der Waals surface area contributed by atoms with Gasteiger partial charge in [-0.3, -0.25) is 19.3 Å². The summed E-state index contributed by atoms with van der Waals surface area (Å²) in [5, 5.41) is 2.60. The lowest BCUT2D eigenvalue weighted by atomic mass is 10.2. The molecule has 6 nitrogen and oxygen atoms in total. The van der Waals surface area contributed by atoms with Crippen molar-refractivity contribution in [3.63, 3.8) is 0 Å². The topological polar surface area (TPSA) is 75.7 Å². The smallest absolute Gasteiger partial charge is 0.294 e. The highest BCUT2D eigenvalue weighted by molar-refractivity contribution is 9.10. The van der Waals surface area contributed by atoms with Crippen LogP contribution in [-0.4, -0.2) is 34.6 Å². The molecule has 30 heavy (non-hydrogen) atoms. The fourth-order valence-corrected chi connectivity index (χ4v) is 4.17. The molecule has 0 bridgehead atoms. The van der Waals surface area contributed by atoms with Gasteiger partial charge in [0, 0.05) is 10.7 Å². The highest BCUT2D eigenvalue weighted by Crippen LogP contribution is 2.34. The lowest BCUT2D eigenvalue weighted by Gasteiger charge is -2.12. The fourth-order valence-electron chi connectivity index (χ4n) is 2.65. The molecule has 0 spiro atoms. The molecule has 0 radical (unpaired) electrons. The third-order valence-electron chi connectivity index (χ3n) is 3.90. The predicted octanol–water partition coefficient (Wildman–Crippen LogP) is 5.56. The molecule has 1 aliphatic rings. The van der Waals surface area contributed by atoms with Crippen LogP contribution in [0.15, 0.2) is 51.8 Å². The largest absolute Gasteiger partial charge is 0.490 e. The van der Waals surface area contributed by atoms with Crippen LogP contribution >= 0.6 is 39.3 Å². The molecular formula is C21H18BrClN2O4S. The summed E-state index contributed by atoms with van der Waals surface area (Å²) in [5.74, 6) is -0.309. The highest BCUT2D eigenvalue weighted by Gasteiger charge is 2.36. The van der Waals surface area contributed by atoms with E-state index in [1.54, 1.807) is 48.5 Å². The molecule has 1 N–H and O–H groups in total. The van der Waals surface area contributed by atoms with E-state index in [9.17, 15) is 14.4 Å². The number of imide groups is 1. The van der Waals surface area contributed by atoms with Crippen LogP contribution in [0, 0.1) is 0 Å². The van der Waals surface area contributed by atoms with Gasteiger partial charge >= 0.3 is 0 Å². The first kappa shape index (κ1) is 22.4. The van der Waals surface area contributed by atoms with Gasteiger partial charge < -0.3 is 10.1 Å². The second-order valence-corrected chi connectivity index (χ2v) is 8.97. The standard InChI is InChI=1S/C21H18BrClN2O4S/c1-12(2)29-17-7-6-13(8-16(17)22)9-18-20(27)25(21(28)30-18)11-19(26)24-15-5-3-4-14(23)10-15/h3-10,12H,11H2,1-2H3,(H,24,26)/b18-9-. The first-order valence-electron chi connectivity index (χ1n) is 9.00. The number of ether oxygens (including phenoxy) is 1. The predicted molar refractivity (Wildman–Crippen MR) is 123 cm³/mol. The number of rotatable bonds is 6. The van der Waals surface area contributed by atoms with Crippen molar-refractivity contribution in [3.8, 4) is 5.75 Å². The second-order valence-electron chi connectivity index (χ2n) is 6.68. The van der Waals surface area contributed by atoms with Crippen molar-refractivity contribution in [3.05, 3.63) is 62.4 Å². The number of nitrogens with zero attached hydrogens (tertiary/aromatic N) is 1. The van der Waals surface area contributed by atoms with Gasteiger partial charge in [-0.15, -0.1) is 0 Å². The van der Waals surface area contributed by atoms with Crippen LogP contribution in [-0.2, 0) is 9.59 Å². The Labute approximate surface area is 191 Å². The van der Waals surface area contributed by atoms with Crippen LogP contribution in [0.25, 0.3) is 6.08 Å². The normalized spacial score (nSPS) is 15.2. The van der Waals surface area contributed by atoms with Crippen LogP contribution in [0.3, 0.4) is 0 Å². The minimum atomic E-state index is -0.509. The zero-order chi connectivity index (χ0) is 21.8. The van der Waals surface area contributed by atoms with Gasteiger partial charge in [-0.05, 0) is 83.5 Å². The molecule has 2 aromatic rings. The Morgan fingerprint density at radius 1 is 1.27 bits per heavy atom. The number of halogens is 2. The molecule has 1 aliphatic heterocycles. The number of nitrogens with one attached hydrogen (secondary N) is 1. The lowest BCUT2D eigenvalue weighted by molar-refractivity contribution is -0.127. The van der Waals surface area contributed by atoms with Crippen molar-refractivity contribution in [2.45, 2.75) is 20.0 Å². The van der Waals surface area contributed by atoms with Gasteiger partial charge in [0.2, 0.25) is 5.91 Å². The Kier molecular flexibility index (Phi) is 7.23. The van der Waals surface area contributed by atoms with Crippen LogP contribution in [0.5, 0.6) is 5.75 Å². The molecule has 3 rings (SSSR count). The number of hydrogen-bond donors (Lipinski definition) is 1. The van der Waals surface area contributed by atoms with Crippen LogP contribution in [0.4, 0.5) is 10.5 Å². The van der Waals surface area contributed by atoms with Gasteiger partial charge in [-0.2, -0.15) is 0 Å². The summed E-state index contributed by atoms with van der Waals surface area (Å²) in [5.41, 5.74) is 1.22. The van der Waals surface area contributed by atoms with Gasteiger partial charge in [0.1, 0.15) is 12.3 Å². The SMILES string of the molecule is CC(C)Oc1ccc(/C=C2\SC(=O)N(CC(=O)Nc3cccc(Cl)c3)C2=O)cc1Br. The Bertz CT molecular complexity index is 1040. The summed E-state index contributed by atoms with van der Waals surface area (Å²) in [7, 11) is 0. The number of benzene rings is 2. The van der Waals surface area contributed by atoms with E-state index >= 15 is 0 Å². The number of carbonyl (C=O) groups is 3. The maximum Gasteiger partial charge on any atom is 0.294 e. The molecule has 0 aromatic heterocycles. The van der Waals surface area contributed by atoms with Crippen molar-refractivity contribution in [1.29, 1.82) is 0 Å². The summed E-state index contributed by atoms with van der Waals surface area (Å²) >= 11 is 10.1. The molecule has 0 atom stereocenters. The van der Waals surface area contributed by atoms with Crippen molar-refractivity contribution >= 4 is 68.1 Å². The van der Waals surface area contributed by atoms with E-state index in [1.165, 1.54) is 0 Å². The molecule has 1 saturated heterocycles. The average Bonchev–Trinajstić information content (AvgIpc) is 2.91. The molecule has 156 valence electrons. The van der Waals surface area contributed by atoms with Gasteiger partial charge in [-0.1, -0.05) is 23.7 Å². The van der Waals surface area contributed by atoms with Crippen molar-refractivity contribution < 1.29 is 19.1 Å². The van der Waals surface area contributed by atoms with Crippen LogP contribution in [0.1, 0.15) is 19.4 Å². The van der Waals surface area contributed by atoms with E-state index < -0.39 is 17.1 Å². The Hall–Kier alpha value is -2.29. The summed E-state index contributed by atoms with van der Waals surface area (Å²) in [6.45, 7) is 3.48. The average molecular weight is 510 g/mol. The van der Waals surface area contributed by atoms with Crippen LogP contribution in [0.2, 0.25) is 5.02 Å². The summed E-state index contributed by atoms with van der Waals surface area (Å²) < 4.78 is 6.41. The van der Waals surface area contributed by atoms with E-state index in [-0.39, 0.29) is 17.6 Å². The number of thioether (sulfide) groups is 1. The lowest BCUT2D eigenvalue weighted by Crippen LogP contribution is -2.36. The number of carbonyl (C=O) groups excluding carboxylic acids is 3. The van der Waals surface area contributed by atoms with Gasteiger partial charge in [0.25, 0.3) is 11.1 Å². The fraction of sp³-hybridized carbons (Fsp3) is 0.190. The molecular weight excluding hydrogens is 492 g/mol. The summed E-state index contributed by atoms with van der Waals surface area (Å²) in [6, 6.07) is 12.0. The maximum atomic E-state index is 12.6. The quantitative estimate of drug-likeness (QED) is 0.516. The number of hydrogen-bond acceptors (Lipinski definition) is 5. The Balaban J connectivity index is 1.69. The molecule has 3 amide bonds. The minimum absolute atomic E-state index is 0.0294. The van der Waals surface area contributed by atoms with E-state index in [0.717, 1.165) is 26.7 Å². The van der Waals surface area contributed by atoms with Crippen molar-refractivity contribution in [1.82, 2.24) is 4.90 Å². The number of anilines is 1. The maximum absolute atomic E-state index is 12.6. The Morgan fingerprint density at radius 3 is 2.70 bits per heavy atom. The molecule has 0 aliphatic carbocycles. The zero-order valence-corrected chi connectivity index (χ0v) is 19.3. The Morgan fingerprint density at radius 2 is 2.03 bits per heavy atom. The van der Waals surface area contributed by atoms with Gasteiger partial charge in [0.15, 0.2) is 0 Å². The van der Waals surface area contributed by atoms with Gasteiger partial charge in [-0.25, -0.2) is 0 Å². The van der Waals surface area contributed by atoms with E-state index in [2.05, 4.69) is 21.2 Å². The zero-order valence-electron chi connectivity index (χ0n) is 16.1. The second kappa shape index (κ2) is 9.68. The molecule has 9 heteroatoms. The monoisotopic (exact) mass is 508 g/mol. The highest BCUT2D eigenvalue weighted by atomic mass is 79.9. The number of amides is 3. The van der Waals surface area contributed by atoms with Gasteiger partial charge in [0.05, 0.1) is 15.5 Å². The van der Waals surface area contributed by atoms with E-state index in [4.69, 9.17) is 16.3 Å². The molecule has 1 heterocycles.